The van der Waals surface area contributed by atoms with Crippen LogP contribution in [0.4, 0.5) is 5.69 Å². The van der Waals surface area contributed by atoms with Crippen molar-refractivity contribution < 1.29 is 14.3 Å². The van der Waals surface area contributed by atoms with Crippen LogP contribution < -0.4 is 15.4 Å². The molecule has 0 bridgehead atoms. The van der Waals surface area contributed by atoms with Crippen LogP contribution in [-0.4, -0.2) is 42.5 Å². The molecule has 0 aromatic heterocycles. The number of nitrogens with one attached hydrogen (secondary N) is 2. The van der Waals surface area contributed by atoms with Gasteiger partial charge in [-0.3, -0.25) is 14.9 Å². The minimum absolute atomic E-state index is 0.0803. The summed E-state index contributed by atoms with van der Waals surface area (Å²) in [5.41, 5.74) is 1.73. The Balaban J connectivity index is 1.90. The van der Waals surface area contributed by atoms with Crippen LogP contribution >= 0.6 is 12.2 Å². The predicted molar refractivity (Wildman–Crippen MR) is 115 cm³/mol. The van der Waals surface area contributed by atoms with E-state index in [-0.39, 0.29) is 16.9 Å². The monoisotopic (exact) mass is 399 g/mol. The highest BCUT2D eigenvalue weighted by Crippen LogP contribution is 2.14. The molecule has 2 aromatic rings. The molecule has 28 heavy (non-hydrogen) atoms. The highest BCUT2D eigenvalue weighted by molar-refractivity contribution is 7.80. The number of hydrogen-bond acceptors (Lipinski definition) is 4. The molecule has 2 rings (SSSR count). The van der Waals surface area contributed by atoms with Gasteiger partial charge in [-0.15, -0.1) is 0 Å². The fraction of sp³-hybridized carbons (Fsp3) is 0.286. The Kier molecular flexibility index (Phi) is 7.52. The minimum Gasteiger partial charge on any atom is -0.493 e. The maximum absolute atomic E-state index is 12.3. The van der Waals surface area contributed by atoms with Crippen molar-refractivity contribution in [3.63, 3.8) is 0 Å². The van der Waals surface area contributed by atoms with E-state index in [4.69, 9.17) is 17.0 Å². The number of nitrogens with zero attached hydrogens (tertiary/aromatic N) is 1. The number of anilines is 1. The number of thiocarbonyl (C=S) groups is 1. The summed E-state index contributed by atoms with van der Waals surface area (Å²) in [7, 11) is 3.39. The third-order valence-electron chi connectivity index (χ3n) is 3.72. The lowest BCUT2D eigenvalue weighted by atomic mass is 10.2. The summed E-state index contributed by atoms with van der Waals surface area (Å²) in [5.74, 6) is 0.760. The Bertz CT molecular complexity index is 831. The van der Waals surface area contributed by atoms with Crippen LogP contribution in [0.2, 0.25) is 0 Å². The van der Waals surface area contributed by atoms with Gasteiger partial charge in [-0.05, 0) is 66.7 Å². The molecule has 0 aliphatic carbocycles. The molecule has 6 nitrogen and oxygen atoms in total. The van der Waals surface area contributed by atoms with Gasteiger partial charge in [0.05, 0.1) is 6.61 Å². The fourth-order valence-electron chi connectivity index (χ4n) is 2.26. The Labute approximate surface area is 170 Å². The molecule has 148 valence electrons. The number of amides is 2. The Hall–Kier alpha value is -2.93. The molecule has 7 heteroatoms. The molecule has 2 N–H and O–H groups in total. The van der Waals surface area contributed by atoms with E-state index in [0.717, 1.165) is 5.75 Å². The first kappa shape index (κ1) is 21.4. The van der Waals surface area contributed by atoms with E-state index in [9.17, 15) is 9.59 Å². The maximum atomic E-state index is 12.3. The van der Waals surface area contributed by atoms with Crippen molar-refractivity contribution in [1.29, 1.82) is 0 Å². The van der Waals surface area contributed by atoms with Crippen molar-refractivity contribution >= 4 is 34.8 Å². The Morgan fingerprint density at radius 1 is 1.00 bits per heavy atom. The smallest absolute Gasteiger partial charge is 0.257 e. The van der Waals surface area contributed by atoms with Crippen molar-refractivity contribution in [2.24, 2.45) is 5.92 Å². The van der Waals surface area contributed by atoms with E-state index in [2.05, 4.69) is 24.5 Å². The number of hydrogen-bond donors (Lipinski definition) is 2. The van der Waals surface area contributed by atoms with E-state index in [1.54, 1.807) is 62.6 Å². The van der Waals surface area contributed by atoms with Gasteiger partial charge in [0.1, 0.15) is 5.75 Å². The van der Waals surface area contributed by atoms with Crippen LogP contribution in [0.1, 0.15) is 34.6 Å². The van der Waals surface area contributed by atoms with Crippen molar-refractivity contribution in [1.82, 2.24) is 10.2 Å². The molecule has 2 amide bonds. The molecule has 0 unspecified atom stereocenters. The van der Waals surface area contributed by atoms with Crippen LogP contribution in [0.25, 0.3) is 0 Å². The maximum Gasteiger partial charge on any atom is 0.257 e. The number of carbonyl (C=O) groups excluding carboxylic acids is 2. The lowest BCUT2D eigenvalue weighted by molar-refractivity contribution is 0.0827. The summed E-state index contributed by atoms with van der Waals surface area (Å²) in [6, 6.07) is 13.8. The third-order valence-corrected chi connectivity index (χ3v) is 3.93. The summed E-state index contributed by atoms with van der Waals surface area (Å²) in [6.07, 6.45) is 0. The summed E-state index contributed by atoms with van der Waals surface area (Å²) in [5, 5.41) is 5.75. The topological polar surface area (TPSA) is 70.7 Å². The molecule has 0 atom stereocenters. The number of carbonyl (C=O) groups is 2. The van der Waals surface area contributed by atoms with E-state index in [1.807, 2.05) is 0 Å². The van der Waals surface area contributed by atoms with Crippen molar-refractivity contribution in [3.05, 3.63) is 59.7 Å². The highest BCUT2D eigenvalue weighted by atomic mass is 32.1. The zero-order valence-electron chi connectivity index (χ0n) is 16.5. The Morgan fingerprint density at radius 3 is 2.11 bits per heavy atom. The first-order chi connectivity index (χ1) is 13.3. The van der Waals surface area contributed by atoms with Gasteiger partial charge in [-0.25, -0.2) is 0 Å². The lowest BCUT2D eigenvalue weighted by Crippen LogP contribution is -2.34. The fourth-order valence-corrected chi connectivity index (χ4v) is 2.47. The first-order valence-corrected chi connectivity index (χ1v) is 9.34. The van der Waals surface area contributed by atoms with Crippen LogP contribution in [0.5, 0.6) is 5.75 Å². The van der Waals surface area contributed by atoms with Gasteiger partial charge in [0.25, 0.3) is 11.8 Å². The lowest BCUT2D eigenvalue weighted by Gasteiger charge is -2.12. The van der Waals surface area contributed by atoms with Gasteiger partial charge in [-0.2, -0.15) is 0 Å². The van der Waals surface area contributed by atoms with Gasteiger partial charge < -0.3 is 15.0 Å². The summed E-state index contributed by atoms with van der Waals surface area (Å²) in [4.78, 5) is 25.7. The summed E-state index contributed by atoms with van der Waals surface area (Å²) < 4.78 is 5.61. The normalized spacial score (nSPS) is 10.3. The quantitative estimate of drug-likeness (QED) is 0.727. The average molecular weight is 400 g/mol. The van der Waals surface area contributed by atoms with Crippen molar-refractivity contribution in [3.8, 4) is 5.75 Å². The Morgan fingerprint density at radius 2 is 1.57 bits per heavy atom. The van der Waals surface area contributed by atoms with Gasteiger partial charge in [0.2, 0.25) is 0 Å². The minimum atomic E-state index is -0.313. The second-order valence-electron chi connectivity index (χ2n) is 6.91. The van der Waals surface area contributed by atoms with Crippen molar-refractivity contribution in [2.45, 2.75) is 13.8 Å². The van der Waals surface area contributed by atoms with E-state index >= 15 is 0 Å². The summed E-state index contributed by atoms with van der Waals surface area (Å²) in [6.45, 7) is 4.77. The molecule has 0 heterocycles. The number of ether oxygens (including phenoxy) is 1. The largest absolute Gasteiger partial charge is 0.493 e. The third kappa shape index (κ3) is 6.35. The van der Waals surface area contributed by atoms with Gasteiger partial charge in [-0.1, -0.05) is 13.8 Å². The molecule has 0 saturated carbocycles. The second kappa shape index (κ2) is 9.85. The molecule has 0 aliphatic heterocycles. The van der Waals surface area contributed by atoms with E-state index < -0.39 is 0 Å². The average Bonchev–Trinajstić information content (AvgIpc) is 2.66. The van der Waals surface area contributed by atoms with Crippen LogP contribution in [0.15, 0.2) is 48.5 Å². The number of rotatable bonds is 6. The molecule has 0 radical (unpaired) electrons. The van der Waals surface area contributed by atoms with Gasteiger partial charge in [0, 0.05) is 30.9 Å². The second-order valence-corrected chi connectivity index (χ2v) is 7.32. The van der Waals surface area contributed by atoms with Crippen LogP contribution in [0, 0.1) is 5.92 Å². The zero-order valence-corrected chi connectivity index (χ0v) is 17.3. The molecule has 2 aromatic carbocycles. The molecule has 0 fully saturated rings. The van der Waals surface area contributed by atoms with E-state index in [1.165, 1.54) is 4.90 Å². The highest BCUT2D eigenvalue weighted by Gasteiger charge is 2.10. The van der Waals surface area contributed by atoms with Crippen LogP contribution in [0.3, 0.4) is 0 Å². The molecular formula is C21H25N3O3S. The standard InChI is InChI=1S/C21H25N3O3S/c1-14(2)13-27-18-11-7-15(8-12-18)19(25)23-21(28)22-17-9-5-16(6-10-17)20(26)24(3)4/h5-12,14H,13H2,1-4H3,(H2,22,23,25,28). The first-order valence-electron chi connectivity index (χ1n) is 8.93. The molecule has 0 saturated heterocycles. The SMILES string of the molecule is CC(C)COc1ccc(C(=O)NC(=S)Nc2ccc(C(=O)N(C)C)cc2)cc1. The predicted octanol–water partition coefficient (Wildman–Crippen LogP) is 3.55. The van der Waals surface area contributed by atoms with E-state index in [0.29, 0.717) is 29.3 Å². The zero-order chi connectivity index (χ0) is 20.7. The molecule has 0 spiro atoms. The molecule has 0 aliphatic rings. The molecular weight excluding hydrogens is 374 g/mol. The van der Waals surface area contributed by atoms with Gasteiger partial charge >= 0.3 is 0 Å². The number of benzene rings is 2. The van der Waals surface area contributed by atoms with Gasteiger partial charge in [0.15, 0.2) is 5.11 Å². The van der Waals surface area contributed by atoms with Crippen LogP contribution in [-0.2, 0) is 0 Å². The summed E-state index contributed by atoms with van der Waals surface area (Å²) >= 11 is 5.19. The van der Waals surface area contributed by atoms with Crippen molar-refractivity contribution in [2.75, 3.05) is 26.0 Å².